The molecule has 0 saturated heterocycles. The van der Waals surface area contributed by atoms with Crippen LogP contribution in [-0.4, -0.2) is 19.1 Å². The van der Waals surface area contributed by atoms with Crippen LogP contribution in [0.3, 0.4) is 0 Å². The Labute approximate surface area is 165 Å². The zero-order chi connectivity index (χ0) is 25.9. The first-order valence-corrected chi connectivity index (χ1v) is 9.27. The molecule has 1 N–H and O–H groups in total. The summed E-state index contributed by atoms with van der Waals surface area (Å²) in [4.78, 5) is 34.3. The summed E-state index contributed by atoms with van der Waals surface area (Å²) in [5, 5.41) is 0. The fourth-order valence-corrected chi connectivity index (χ4v) is 5.94. The van der Waals surface area contributed by atoms with Crippen LogP contribution in [0.4, 0.5) is 0 Å². The molecule has 0 aromatic carbocycles. The molecule has 4 saturated carbocycles. The van der Waals surface area contributed by atoms with Gasteiger partial charge in [0.05, 0.1) is 2.74 Å². The van der Waals surface area contributed by atoms with Crippen molar-refractivity contribution in [3.8, 4) is 0 Å². The summed E-state index contributed by atoms with van der Waals surface area (Å²) in [7, 11) is 0. The van der Waals surface area contributed by atoms with E-state index < -0.39 is 43.1 Å². The first kappa shape index (κ1) is 9.38. The quantitative estimate of drug-likeness (QED) is 0.885. The smallest absolute Gasteiger partial charge is 0.332 e. The number of H-pyrrole nitrogens is 1. The van der Waals surface area contributed by atoms with Gasteiger partial charge in [-0.05, 0) is 62.7 Å². The highest BCUT2D eigenvalue weighted by atomic mass is 16.2. The van der Waals surface area contributed by atoms with Crippen LogP contribution in [0.1, 0.15) is 76.8 Å². The molecule has 2 unspecified atom stereocenters. The van der Waals surface area contributed by atoms with Crippen LogP contribution in [0.2, 0.25) is 0 Å². The fourth-order valence-electron chi connectivity index (χ4n) is 5.94. The molecule has 0 spiro atoms. The number of fused-ring (bicyclic) bond motifs is 1. The van der Waals surface area contributed by atoms with Crippen LogP contribution in [-0.2, 0) is 18.4 Å². The van der Waals surface area contributed by atoms with Gasteiger partial charge in [-0.3, -0.25) is 13.9 Å². The van der Waals surface area contributed by atoms with Gasteiger partial charge in [0, 0.05) is 28.0 Å². The molecule has 2 heterocycles. The van der Waals surface area contributed by atoms with E-state index in [0.717, 1.165) is 32.1 Å². The van der Waals surface area contributed by atoms with Gasteiger partial charge in [-0.2, -0.15) is 0 Å². The van der Waals surface area contributed by atoms with Gasteiger partial charge >= 0.3 is 5.69 Å². The van der Waals surface area contributed by atoms with Gasteiger partial charge in [0.15, 0.2) is 5.65 Å². The van der Waals surface area contributed by atoms with E-state index in [1.54, 1.807) is 0 Å². The van der Waals surface area contributed by atoms with E-state index in [-0.39, 0.29) is 26.5 Å². The Kier molecular flexibility index (Phi) is 2.01. The van der Waals surface area contributed by atoms with Crippen LogP contribution in [0.15, 0.2) is 9.59 Å². The molecule has 6 rings (SSSR count). The molecule has 2 aromatic heterocycles. The third kappa shape index (κ3) is 2.01. The molecule has 2 atom stereocenters. The van der Waals surface area contributed by atoms with Crippen molar-refractivity contribution in [3.63, 3.8) is 0 Å². The molecule has 6 heteroatoms. The molecular weight excluding hydrogens is 328 g/mol. The standard InChI is InChI=1S/C20H28N4O2/c1-3-5-23-16-15(17(25)24(6-4-2)19(23)26)21-18(22-16)20-10-12-7-13(11-20)9-14(20)8-12/h12-14H,3-11H2,1-2H3,(H,21,22)/i1D3,3D2,5D2,6D2. The number of hydrogen-bond donors (Lipinski definition) is 1. The lowest BCUT2D eigenvalue weighted by molar-refractivity contribution is 0.262. The average Bonchev–Trinajstić information content (AvgIpc) is 3.34. The molecule has 4 fully saturated rings. The van der Waals surface area contributed by atoms with E-state index in [0.29, 0.717) is 23.6 Å². The number of rotatable bonds is 5. The van der Waals surface area contributed by atoms with Crippen molar-refractivity contribution in [1.82, 2.24) is 19.1 Å². The summed E-state index contributed by atoms with van der Waals surface area (Å²) in [6, 6.07) is 0. The number of aromatic nitrogens is 4. The van der Waals surface area contributed by atoms with E-state index in [2.05, 4.69) is 9.97 Å². The maximum Gasteiger partial charge on any atom is 0.332 e. The summed E-state index contributed by atoms with van der Waals surface area (Å²) in [6.45, 7) is -8.07. The van der Waals surface area contributed by atoms with E-state index in [1.807, 2.05) is 0 Å². The monoisotopic (exact) mass is 365 g/mol. The Morgan fingerprint density at radius 2 is 2.00 bits per heavy atom. The van der Waals surface area contributed by atoms with Crippen LogP contribution in [0, 0.1) is 17.8 Å². The Hall–Kier alpha value is -1.85. The second-order valence-electron chi connectivity index (χ2n) is 7.99. The molecule has 4 aliphatic carbocycles. The molecule has 0 aliphatic heterocycles. The lowest BCUT2D eigenvalue weighted by Crippen LogP contribution is -2.40. The van der Waals surface area contributed by atoms with E-state index in [4.69, 9.17) is 12.3 Å². The third-order valence-corrected chi connectivity index (χ3v) is 6.64. The summed E-state index contributed by atoms with van der Waals surface area (Å²) >= 11 is 0. The van der Waals surface area contributed by atoms with Crippen molar-refractivity contribution in [2.75, 3.05) is 0 Å². The molecule has 140 valence electrons. The molecule has 0 amide bonds. The Bertz CT molecular complexity index is 1310. The number of nitrogens with one attached hydrogen (secondary N) is 1. The van der Waals surface area contributed by atoms with Crippen molar-refractivity contribution < 1.29 is 12.3 Å². The minimum Gasteiger partial charge on any atom is -0.336 e. The lowest BCUT2D eigenvalue weighted by Gasteiger charge is -2.30. The highest BCUT2D eigenvalue weighted by Crippen LogP contribution is 2.65. The van der Waals surface area contributed by atoms with Crippen molar-refractivity contribution in [2.45, 2.75) is 77.1 Å². The minimum atomic E-state index is -3.56. The Morgan fingerprint density at radius 1 is 1.23 bits per heavy atom. The molecule has 4 aliphatic rings. The number of aromatic amines is 1. The van der Waals surface area contributed by atoms with Crippen molar-refractivity contribution in [2.24, 2.45) is 17.8 Å². The van der Waals surface area contributed by atoms with Gasteiger partial charge in [-0.25, -0.2) is 9.78 Å². The third-order valence-electron chi connectivity index (χ3n) is 6.64. The van der Waals surface area contributed by atoms with E-state index >= 15 is 0 Å². The first-order valence-electron chi connectivity index (χ1n) is 13.8. The predicted octanol–water partition coefficient (Wildman–Crippen LogP) is 2.78. The van der Waals surface area contributed by atoms with Crippen LogP contribution >= 0.6 is 0 Å². The second kappa shape index (κ2) is 5.57. The Morgan fingerprint density at radius 3 is 2.69 bits per heavy atom. The maximum absolute atomic E-state index is 13.5. The molecule has 26 heavy (non-hydrogen) atoms. The number of hydrogen-bond acceptors (Lipinski definition) is 3. The maximum atomic E-state index is 13.5. The van der Waals surface area contributed by atoms with Crippen LogP contribution in [0.25, 0.3) is 11.2 Å². The average molecular weight is 366 g/mol. The van der Waals surface area contributed by atoms with Crippen molar-refractivity contribution >= 4 is 11.2 Å². The highest BCUT2D eigenvalue weighted by Gasteiger charge is 2.59. The van der Waals surface area contributed by atoms with Crippen LogP contribution in [0.5, 0.6) is 0 Å². The number of aryl methyl sites for hydroxylation is 1. The highest BCUT2D eigenvalue weighted by molar-refractivity contribution is 5.70. The van der Waals surface area contributed by atoms with E-state index in [1.165, 1.54) is 6.92 Å². The first-order chi connectivity index (χ1) is 16.0. The minimum absolute atomic E-state index is 0.222. The molecule has 4 bridgehead atoms. The van der Waals surface area contributed by atoms with Gasteiger partial charge in [0.2, 0.25) is 0 Å². The summed E-state index contributed by atoms with van der Waals surface area (Å²) < 4.78 is 72.8. The summed E-state index contributed by atoms with van der Waals surface area (Å²) in [5.74, 6) is 1.77. The van der Waals surface area contributed by atoms with Gasteiger partial charge < -0.3 is 4.98 Å². The molecule has 2 aromatic rings. The molecule has 6 nitrogen and oxygen atoms in total. The van der Waals surface area contributed by atoms with Gasteiger partial charge in [-0.15, -0.1) is 0 Å². The number of nitrogens with zero attached hydrogens (tertiary/aromatic N) is 3. The topological polar surface area (TPSA) is 72.7 Å². The van der Waals surface area contributed by atoms with Crippen LogP contribution < -0.4 is 11.2 Å². The zero-order valence-corrected chi connectivity index (χ0v) is 14.6. The van der Waals surface area contributed by atoms with Gasteiger partial charge in [-0.1, -0.05) is 13.8 Å². The summed E-state index contributed by atoms with van der Waals surface area (Å²) in [6.07, 6.45) is 0.987. The second-order valence-corrected chi connectivity index (χ2v) is 7.99. The lowest BCUT2D eigenvalue weighted by atomic mass is 9.75. The van der Waals surface area contributed by atoms with Gasteiger partial charge in [0.25, 0.3) is 5.56 Å². The van der Waals surface area contributed by atoms with Crippen molar-refractivity contribution in [1.29, 1.82) is 0 Å². The fraction of sp³-hybridized carbons (Fsp3) is 0.750. The SMILES string of the molecule is [2H]C([2H])(CC)n1c(=O)c2[nH]c(C34CC5CC(CC3C5)C4)nc2n(C([2H])([2H])C([2H])([2H])C([2H])([2H])[2H])c1=O. The largest absolute Gasteiger partial charge is 0.336 e. The normalized spacial score (nSPS) is 39.4. The van der Waals surface area contributed by atoms with Gasteiger partial charge in [0.1, 0.15) is 11.3 Å². The summed E-state index contributed by atoms with van der Waals surface area (Å²) in [5.41, 5.74) is -3.71. The number of imidazole rings is 1. The van der Waals surface area contributed by atoms with Crippen molar-refractivity contribution in [3.05, 3.63) is 26.7 Å². The van der Waals surface area contributed by atoms with E-state index in [9.17, 15) is 9.59 Å². The zero-order valence-electron chi connectivity index (χ0n) is 23.6. The molecule has 0 radical (unpaired) electrons. The Balaban J connectivity index is 1.84. The molecular formula is C20H28N4O2. The predicted molar refractivity (Wildman–Crippen MR) is 100 cm³/mol.